The molecule has 34 heavy (non-hydrogen) atoms. The van der Waals surface area contributed by atoms with Gasteiger partial charge in [-0.1, -0.05) is 36.4 Å². The van der Waals surface area contributed by atoms with Crippen LogP contribution in [0.1, 0.15) is 16.7 Å². The van der Waals surface area contributed by atoms with Crippen LogP contribution in [-0.4, -0.2) is 39.6 Å². The Morgan fingerprint density at radius 3 is 2.76 bits per heavy atom. The summed E-state index contributed by atoms with van der Waals surface area (Å²) in [4.78, 5) is 24.4. The van der Waals surface area contributed by atoms with Gasteiger partial charge in [-0.05, 0) is 62.3 Å². The van der Waals surface area contributed by atoms with E-state index in [2.05, 4.69) is 53.0 Å². The van der Waals surface area contributed by atoms with E-state index in [0.717, 1.165) is 18.5 Å². The SMILES string of the molecule is C=Cc1cn(-c2c(F)cccc2Cl)c(=O)c2cnc(Nc3ccc4c(c3)CC(N(C)C)C4)nc12. The number of anilines is 2. The highest BCUT2D eigenvalue weighted by atomic mass is 35.5. The smallest absolute Gasteiger partial charge is 0.266 e. The van der Waals surface area contributed by atoms with E-state index in [1.807, 2.05) is 6.07 Å². The number of para-hydroxylation sites is 1. The molecule has 1 aliphatic carbocycles. The van der Waals surface area contributed by atoms with Crippen molar-refractivity contribution in [2.45, 2.75) is 18.9 Å². The van der Waals surface area contributed by atoms with Crippen LogP contribution in [0, 0.1) is 5.82 Å². The number of likely N-dealkylation sites (N-methyl/N-ethyl adjacent to an activating group) is 1. The summed E-state index contributed by atoms with van der Waals surface area (Å²) in [6.45, 7) is 3.84. The molecule has 2 aromatic heterocycles. The Labute approximate surface area is 201 Å². The number of halogens is 2. The molecule has 1 unspecified atom stereocenters. The van der Waals surface area contributed by atoms with Crippen molar-refractivity contribution in [2.24, 2.45) is 0 Å². The molecule has 2 heterocycles. The average Bonchev–Trinajstić information content (AvgIpc) is 3.24. The normalized spacial score (nSPS) is 15.0. The van der Waals surface area contributed by atoms with Gasteiger partial charge >= 0.3 is 0 Å². The van der Waals surface area contributed by atoms with Gasteiger partial charge in [0.1, 0.15) is 11.5 Å². The number of rotatable bonds is 5. The zero-order chi connectivity index (χ0) is 24.0. The minimum absolute atomic E-state index is 0.0180. The second kappa shape index (κ2) is 8.66. The maximum Gasteiger partial charge on any atom is 0.266 e. The van der Waals surface area contributed by atoms with Crippen molar-refractivity contribution in [3.05, 3.63) is 93.3 Å². The number of hydrogen-bond acceptors (Lipinski definition) is 5. The summed E-state index contributed by atoms with van der Waals surface area (Å²) >= 11 is 6.20. The predicted molar refractivity (Wildman–Crippen MR) is 135 cm³/mol. The van der Waals surface area contributed by atoms with E-state index in [1.54, 1.807) is 6.08 Å². The van der Waals surface area contributed by atoms with E-state index >= 15 is 0 Å². The zero-order valence-corrected chi connectivity index (χ0v) is 19.6. The highest BCUT2D eigenvalue weighted by Crippen LogP contribution is 2.29. The fourth-order valence-electron chi connectivity index (χ4n) is 4.41. The van der Waals surface area contributed by atoms with Crippen molar-refractivity contribution in [2.75, 3.05) is 19.4 Å². The van der Waals surface area contributed by atoms with Crippen molar-refractivity contribution < 1.29 is 4.39 Å². The Bertz CT molecular complexity index is 1480. The van der Waals surface area contributed by atoms with Gasteiger partial charge in [0.05, 0.1) is 15.9 Å². The van der Waals surface area contributed by atoms with E-state index in [9.17, 15) is 9.18 Å². The minimum Gasteiger partial charge on any atom is -0.324 e. The van der Waals surface area contributed by atoms with E-state index in [0.29, 0.717) is 23.1 Å². The molecule has 1 N–H and O–H groups in total. The number of pyridine rings is 1. The molecule has 6 nitrogen and oxygen atoms in total. The summed E-state index contributed by atoms with van der Waals surface area (Å²) in [6, 6.07) is 11.0. The molecule has 0 aliphatic heterocycles. The Kier molecular flexibility index (Phi) is 5.67. The first-order valence-electron chi connectivity index (χ1n) is 10.9. The van der Waals surface area contributed by atoms with Crippen LogP contribution < -0.4 is 10.9 Å². The average molecular weight is 476 g/mol. The first kappa shape index (κ1) is 22.3. The Morgan fingerprint density at radius 2 is 2.03 bits per heavy atom. The maximum atomic E-state index is 14.5. The molecule has 0 amide bonds. The lowest BCUT2D eigenvalue weighted by Gasteiger charge is -2.17. The molecule has 5 rings (SSSR count). The molecular formula is C26H23ClFN5O. The summed E-state index contributed by atoms with van der Waals surface area (Å²) in [5, 5.41) is 3.61. The largest absolute Gasteiger partial charge is 0.324 e. The van der Waals surface area contributed by atoms with Crippen LogP contribution in [0.25, 0.3) is 22.7 Å². The molecule has 0 saturated carbocycles. The number of hydrogen-bond donors (Lipinski definition) is 1. The van der Waals surface area contributed by atoms with Crippen LogP contribution in [0.2, 0.25) is 5.02 Å². The molecule has 1 aliphatic rings. The van der Waals surface area contributed by atoms with E-state index in [4.69, 9.17) is 11.6 Å². The van der Waals surface area contributed by atoms with Gasteiger partial charge in [0.25, 0.3) is 5.56 Å². The van der Waals surface area contributed by atoms with Gasteiger partial charge in [-0.2, -0.15) is 0 Å². The molecule has 4 aromatic rings. The number of aromatic nitrogens is 3. The lowest BCUT2D eigenvalue weighted by molar-refractivity contribution is 0.303. The summed E-state index contributed by atoms with van der Waals surface area (Å²) in [5.41, 5.74) is 4.04. The van der Waals surface area contributed by atoms with Crippen LogP contribution in [0.3, 0.4) is 0 Å². The molecule has 172 valence electrons. The summed E-state index contributed by atoms with van der Waals surface area (Å²) < 4.78 is 15.7. The predicted octanol–water partition coefficient (Wildman–Crippen LogP) is 4.99. The lowest BCUT2D eigenvalue weighted by atomic mass is 10.1. The molecular weight excluding hydrogens is 453 g/mol. The van der Waals surface area contributed by atoms with Crippen LogP contribution in [-0.2, 0) is 12.8 Å². The van der Waals surface area contributed by atoms with Gasteiger partial charge < -0.3 is 10.2 Å². The summed E-state index contributed by atoms with van der Waals surface area (Å²) in [5.74, 6) is -0.241. The van der Waals surface area contributed by atoms with Crippen molar-refractivity contribution >= 4 is 40.2 Å². The Morgan fingerprint density at radius 1 is 1.24 bits per heavy atom. The van der Waals surface area contributed by atoms with Gasteiger partial charge in [0, 0.05) is 29.7 Å². The first-order valence-corrected chi connectivity index (χ1v) is 11.3. The number of fused-ring (bicyclic) bond motifs is 2. The molecule has 0 spiro atoms. The fraction of sp³-hybridized carbons (Fsp3) is 0.192. The van der Waals surface area contributed by atoms with E-state index in [-0.39, 0.29) is 16.1 Å². The third kappa shape index (κ3) is 3.87. The quantitative estimate of drug-likeness (QED) is 0.440. The molecule has 0 saturated heterocycles. The van der Waals surface area contributed by atoms with Gasteiger partial charge in [0.15, 0.2) is 0 Å². The van der Waals surface area contributed by atoms with E-state index in [1.165, 1.54) is 46.3 Å². The fourth-order valence-corrected chi connectivity index (χ4v) is 4.66. The third-order valence-electron chi connectivity index (χ3n) is 6.28. The molecule has 2 aromatic carbocycles. The zero-order valence-electron chi connectivity index (χ0n) is 18.8. The maximum absolute atomic E-state index is 14.5. The summed E-state index contributed by atoms with van der Waals surface area (Å²) in [7, 11) is 4.20. The highest BCUT2D eigenvalue weighted by Gasteiger charge is 2.23. The van der Waals surface area contributed by atoms with Crippen LogP contribution in [0.4, 0.5) is 16.0 Å². The Balaban J connectivity index is 1.53. The molecule has 0 bridgehead atoms. The summed E-state index contributed by atoms with van der Waals surface area (Å²) in [6.07, 6.45) is 6.54. The van der Waals surface area contributed by atoms with Gasteiger partial charge in [-0.25, -0.2) is 14.4 Å². The minimum atomic E-state index is -0.601. The number of benzene rings is 2. The number of nitrogens with one attached hydrogen (secondary N) is 1. The molecule has 1 atom stereocenters. The van der Waals surface area contributed by atoms with Crippen LogP contribution in [0.15, 0.2) is 60.2 Å². The lowest BCUT2D eigenvalue weighted by Crippen LogP contribution is -2.27. The molecule has 8 heteroatoms. The number of nitrogens with zero attached hydrogens (tertiary/aromatic N) is 4. The topological polar surface area (TPSA) is 63.1 Å². The molecule has 0 radical (unpaired) electrons. The third-order valence-corrected chi connectivity index (χ3v) is 6.59. The van der Waals surface area contributed by atoms with Crippen molar-refractivity contribution in [1.29, 1.82) is 0 Å². The van der Waals surface area contributed by atoms with E-state index < -0.39 is 11.4 Å². The second-order valence-corrected chi connectivity index (χ2v) is 9.03. The van der Waals surface area contributed by atoms with Crippen LogP contribution in [0.5, 0.6) is 0 Å². The van der Waals surface area contributed by atoms with Crippen LogP contribution >= 0.6 is 11.6 Å². The van der Waals surface area contributed by atoms with Crippen molar-refractivity contribution in [1.82, 2.24) is 19.4 Å². The first-order chi connectivity index (χ1) is 16.4. The highest BCUT2D eigenvalue weighted by molar-refractivity contribution is 6.32. The van der Waals surface area contributed by atoms with Gasteiger partial charge in [0.2, 0.25) is 5.95 Å². The van der Waals surface area contributed by atoms with Gasteiger partial charge in [-0.3, -0.25) is 9.36 Å². The Hall–Kier alpha value is -3.55. The monoisotopic (exact) mass is 475 g/mol. The second-order valence-electron chi connectivity index (χ2n) is 8.62. The van der Waals surface area contributed by atoms with Gasteiger partial charge in [-0.15, -0.1) is 0 Å². The molecule has 0 fully saturated rings. The standard InChI is InChI=1S/C26H23ClFN5O/c1-4-15-14-33(24-21(27)6-5-7-22(24)28)25(34)20-13-29-26(31-23(15)20)30-18-9-8-16-11-19(32(2)3)12-17(16)10-18/h4-10,13-14,19H,1,11-12H2,2-3H3,(H,29,30,31). The van der Waals surface area contributed by atoms with Crippen molar-refractivity contribution in [3.8, 4) is 5.69 Å². The van der Waals surface area contributed by atoms with Crippen molar-refractivity contribution in [3.63, 3.8) is 0 Å².